The normalized spacial score (nSPS) is 21.9. The highest BCUT2D eigenvalue weighted by molar-refractivity contribution is 7.73. The number of halogens is 3. The van der Waals surface area contributed by atoms with Crippen LogP contribution in [0.15, 0.2) is 24.3 Å². The Hall–Kier alpha value is -2.03. The van der Waals surface area contributed by atoms with Crippen LogP contribution in [0.2, 0.25) is 0 Å². The first-order valence-corrected chi connectivity index (χ1v) is 6.32. The largest absolute Gasteiger partial charge is 0.481 e. The molecule has 0 amide bonds. The molecule has 0 saturated carbocycles. The van der Waals surface area contributed by atoms with Crippen LogP contribution in [-0.2, 0) is 15.1 Å². The van der Waals surface area contributed by atoms with Crippen molar-refractivity contribution < 1.29 is 36.2 Å². The molecule has 2 atom stereocenters. The molecular formula is C11H7F3O5S. The van der Waals surface area contributed by atoms with E-state index >= 15 is 0 Å². The Balaban J connectivity index is 2.75. The molecule has 0 fully saturated rings. The smallest absolute Gasteiger partial charge is 0.426 e. The highest BCUT2D eigenvalue weighted by Crippen LogP contribution is 2.38. The second kappa shape index (κ2) is 4.82. The van der Waals surface area contributed by atoms with Crippen LogP contribution < -0.4 is 4.74 Å². The number of hydrogen-bond donors (Lipinski definition) is 1. The van der Waals surface area contributed by atoms with Crippen molar-refractivity contribution in [3.8, 4) is 5.75 Å². The van der Waals surface area contributed by atoms with Crippen LogP contribution in [0.4, 0.5) is 13.2 Å². The minimum absolute atomic E-state index is 0.172. The lowest BCUT2D eigenvalue weighted by Gasteiger charge is -2.32. The Morgan fingerprint density at radius 3 is 2.35 bits per heavy atom. The summed E-state index contributed by atoms with van der Waals surface area (Å²) in [5.74, 6) is -4.56. The molecule has 20 heavy (non-hydrogen) atoms. The monoisotopic (exact) mass is 308 g/mol. The summed E-state index contributed by atoms with van der Waals surface area (Å²) in [6.45, 7) is 0. The molecule has 0 aromatic heterocycles. The second-order valence-corrected chi connectivity index (χ2v) is 4.90. The molecule has 1 heterocycles. The van der Waals surface area contributed by atoms with Gasteiger partial charge in [-0.15, -0.1) is 0 Å². The molecule has 1 aromatic rings. The zero-order valence-electron chi connectivity index (χ0n) is 9.59. The number of aliphatic carboxylic acids is 1. The van der Waals surface area contributed by atoms with Crippen molar-refractivity contribution in [3.63, 3.8) is 0 Å². The fourth-order valence-corrected chi connectivity index (χ4v) is 2.75. The molecule has 108 valence electrons. The van der Waals surface area contributed by atoms with Gasteiger partial charge in [0, 0.05) is 5.56 Å². The molecule has 1 aliphatic rings. The molecular weight excluding hydrogens is 301 g/mol. The first-order valence-electron chi connectivity index (χ1n) is 5.25. The van der Waals surface area contributed by atoms with Crippen molar-refractivity contribution in [1.29, 1.82) is 0 Å². The van der Waals surface area contributed by atoms with Crippen LogP contribution in [0.1, 0.15) is 5.56 Å². The number of para-hydroxylation sites is 1. The number of carboxylic acid groups (broad SMARTS) is 1. The Labute approximate surface area is 112 Å². The Bertz CT molecular complexity index is 684. The second-order valence-electron chi connectivity index (χ2n) is 3.99. The van der Waals surface area contributed by atoms with E-state index in [0.29, 0.717) is 0 Å². The molecule has 0 radical (unpaired) electrons. The number of fused-ring (bicyclic) bond motifs is 1. The van der Waals surface area contributed by atoms with E-state index in [-0.39, 0.29) is 11.3 Å². The van der Waals surface area contributed by atoms with E-state index in [1.807, 2.05) is 0 Å². The average Bonchev–Trinajstić information content (AvgIpc) is 2.34. The van der Waals surface area contributed by atoms with E-state index in [1.54, 1.807) is 0 Å². The Morgan fingerprint density at radius 2 is 1.85 bits per heavy atom. The van der Waals surface area contributed by atoms with Crippen molar-refractivity contribution in [2.24, 2.45) is 5.92 Å². The third kappa shape index (κ3) is 2.36. The summed E-state index contributed by atoms with van der Waals surface area (Å²) in [7, 11) is -3.11. The Kier molecular flexibility index (Phi) is 3.46. The van der Waals surface area contributed by atoms with Crippen molar-refractivity contribution in [2.75, 3.05) is 0 Å². The third-order valence-electron chi connectivity index (χ3n) is 2.76. The lowest BCUT2D eigenvalue weighted by Crippen LogP contribution is -2.51. The topological polar surface area (TPSA) is 80.7 Å². The predicted molar refractivity (Wildman–Crippen MR) is 61.1 cm³/mol. The van der Waals surface area contributed by atoms with Crippen LogP contribution in [0.3, 0.4) is 0 Å². The predicted octanol–water partition coefficient (Wildman–Crippen LogP) is 1.11. The lowest BCUT2D eigenvalue weighted by atomic mass is 9.90. The van der Waals surface area contributed by atoms with Gasteiger partial charge >= 0.3 is 12.1 Å². The summed E-state index contributed by atoms with van der Waals surface area (Å²) < 4.78 is 65.7. The first-order chi connectivity index (χ1) is 9.23. The molecule has 5 nitrogen and oxygen atoms in total. The van der Waals surface area contributed by atoms with Gasteiger partial charge in [-0.3, -0.25) is 4.79 Å². The van der Waals surface area contributed by atoms with Gasteiger partial charge in [-0.05, 0) is 12.1 Å². The van der Waals surface area contributed by atoms with Gasteiger partial charge in [0.25, 0.3) is 0 Å². The van der Waals surface area contributed by atoms with E-state index in [0.717, 1.165) is 6.07 Å². The molecule has 0 bridgehead atoms. The number of rotatable bonds is 1. The molecule has 0 aliphatic carbocycles. The number of benzene rings is 1. The molecule has 1 N–H and O–H groups in total. The van der Waals surface area contributed by atoms with Gasteiger partial charge in [0.2, 0.25) is 16.4 Å². The minimum Gasteiger partial charge on any atom is -0.481 e. The quantitative estimate of drug-likeness (QED) is 0.786. The molecule has 2 rings (SSSR count). The average molecular weight is 308 g/mol. The summed E-state index contributed by atoms with van der Waals surface area (Å²) in [6, 6.07) is 5.09. The van der Waals surface area contributed by atoms with Crippen LogP contribution in [0.25, 0.3) is 0 Å². The van der Waals surface area contributed by atoms with Crippen LogP contribution in [-0.4, -0.2) is 36.6 Å². The van der Waals surface area contributed by atoms with Crippen LogP contribution in [0.5, 0.6) is 5.75 Å². The fraction of sp³-hybridized carbons (Fsp3) is 0.273. The van der Waals surface area contributed by atoms with Gasteiger partial charge < -0.3 is 9.84 Å². The van der Waals surface area contributed by atoms with E-state index in [2.05, 4.69) is 4.74 Å². The van der Waals surface area contributed by atoms with Crippen LogP contribution in [0, 0.1) is 5.92 Å². The standard InChI is InChI=1S/C11H7F3O5S/c12-11(13,14)9-7(10(15)16)8(20(17)18)5-3-1-2-4-6(5)19-9/h1-4,7,9H,(H,15,16). The van der Waals surface area contributed by atoms with Gasteiger partial charge in [-0.2, -0.15) is 21.6 Å². The molecule has 1 aliphatic heterocycles. The highest BCUT2D eigenvalue weighted by atomic mass is 32.2. The summed E-state index contributed by atoms with van der Waals surface area (Å²) in [6.07, 6.45) is -7.76. The van der Waals surface area contributed by atoms with Crippen molar-refractivity contribution in [3.05, 3.63) is 29.8 Å². The maximum Gasteiger partial charge on any atom is 0.426 e. The minimum atomic E-state index is -5.01. The van der Waals surface area contributed by atoms with Crippen molar-refractivity contribution in [1.82, 2.24) is 0 Å². The van der Waals surface area contributed by atoms with Gasteiger partial charge in [-0.1, -0.05) is 12.1 Å². The molecule has 2 unspecified atom stereocenters. The van der Waals surface area contributed by atoms with E-state index in [9.17, 15) is 26.4 Å². The molecule has 1 aromatic carbocycles. The van der Waals surface area contributed by atoms with E-state index in [1.165, 1.54) is 18.2 Å². The maximum atomic E-state index is 12.9. The SMILES string of the molecule is O=C(O)C1C(=S(=O)=O)c2ccccc2OC1C(F)(F)F. The number of carboxylic acids is 1. The van der Waals surface area contributed by atoms with Crippen molar-refractivity contribution in [2.45, 2.75) is 12.3 Å². The number of hydrogen-bond acceptors (Lipinski definition) is 4. The number of carbonyl (C=O) groups is 1. The van der Waals surface area contributed by atoms with E-state index < -0.39 is 39.3 Å². The van der Waals surface area contributed by atoms with E-state index in [4.69, 9.17) is 5.11 Å². The first kappa shape index (κ1) is 14.4. The zero-order chi connectivity index (χ0) is 15.1. The summed E-state index contributed by atoms with van der Waals surface area (Å²) in [4.78, 5) is 10.2. The lowest BCUT2D eigenvalue weighted by molar-refractivity contribution is -0.209. The summed E-state index contributed by atoms with van der Waals surface area (Å²) in [5.41, 5.74) is -0.172. The van der Waals surface area contributed by atoms with Crippen LogP contribution >= 0.6 is 0 Å². The summed E-state index contributed by atoms with van der Waals surface area (Å²) in [5, 5.41) is 8.94. The summed E-state index contributed by atoms with van der Waals surface area (Å²) >= 11 is 0. The molecule has 0 spiro atoms. The highest BCUT2D eigenvalue weighted by Gasteiger charge is 2.55. The molecule has 9 heteroatoms. The number of ether oxygens (including phenoxy) is 1. The maximum absolute atomic E-state index is 12.9. The number of alkyl halides is 3. The van der Waals surface area contributed by atoms with Gasteiger partial charge in [0.15, 0.2) is 0 Å². The van der Waals surface area contributed by atoms with Crippen molar-refractivity contribution >= 4 is 21.1 Å². The van der Waals surface area contributed by atoms with Gasteiger partial charge in [0.05, 0.1) is 0 Å². The third-order valence-corrected chi connectivity index (χ3v) is 3.59. The zero-order valence-corrected chi connectivity index (χ0v) is 10.4. The van der Waals surface area contributed by atoms with Gasteiger partial charge in [0.1, 0.15) is 16.5 Å². The Morgan fingerprint density at radius 1 is 1.25 bits per heavy atom. The van der Waals surface area contributed by atoms with Gasteiger partial charge in [-0.25, -0.2) is 0 Å². The fourth-order valence-electron chi connectivity index (χ4n) is 1.97. The molecule has 0 saturated heterocycles.